The summed E-state index contributed by atoms with van der Waals surface area (Å²) in [4.78, 5) is 33.2. The third-order valence-corrected chi connectivity index (χ3v) is 4.12. The zero-order valence-corrected chi connectivity index (χ0v) is 11.6. The molecule has 0 bridgehead atoms. The highest BCUT2D eigenvalue weighted by Crippen LogP contribution is 2.41. The van der Waals surface area contributed by atoms with Gasteiger partial charge >= 0.3 is 5.69 Å². The van der Waals surface area contributed by atoms with Crippen molar-refractivity contribution in [1.82, 2.24) is 20.3 Å². The molecule has 1 aliphatic carbocycles. The minimum atomic E-state index is -0.368. The highest BCUT2D eigenvalue weighted by atomic mass is 32.1. The van der Waals surface area contributed by atoms with Crippen LogP contribution in [0.5, 0.6) is 0 Å². The van der Waals surface area contributed by atoms with Crippen LogP contribution in [0.4, 0.5) is 0 Å². The smallest absolute Gasteiger partial charge is 0.344 e. The number of amides is 1. The van der Waals surface area contributed by atoms with Crippen molar-refractivity contribution >= 4 is 17.2 Å². The van der Waals surface area contributed by atoms with Crippen molar-refractivity contribution in [3.05, 3.63) is 44.5 Å². The fraction of sp³-hybridized carbons (Fsp3) is 0.385. The number of hydrogen-bond donors (Lipinski definition) is 2. The van der Waals surface area contributed by atoms with Gasteiger partial charge in [-0.05, 0) is 24.8 Å². The molecule has 2 heterocycles. The van der Waals surface area contributed by atoms with Crippen LogP contribution in [-0.2, 0) is 6.42 Å². The summed E-state index contributed by atoms with van der Waals surface area (Å²) in [5.74, 6) is 0.430. The molecule has 0 aromatic carbocycles. The number of nitrogens with one attached hydrogen (secondary N) is 2. The van der Waals surface area contributed by atoms with Crippen LogP contribution in [0.25, 0.3) is 0 Å². The number of carbonyl (C=O) groups excluding carboxylic acids is 1. The Morgan fingerprint density at radius 3 is 3.05 bits per heavy atom. The van der Waals surface area contributed by atoms with Gasteiger partial charge in [-0.2, -0.15) is 0 Å². The van der Waals surface area contributed by atoms with E-state index in [2.05, 4.69) is 20.3 Å². The Kier molecular flexibility index (Phi) is 3.60. The molecule has 0 atom stereocenters. The van der Waals surface area contributed by atoms with Crippen LogP contribution in [0.3, 0.4) is 0 Å². The zero-order valence-electron chi connectivity index (χ0n) is 10.8. The molecular weight excluding hydrogens is 276 g/mol. The van der Waals surface area contributed by atoms with Crippen LogP contribution in [0.15, 0.2) is 22.6 Å². The summed E-state index contributed by atoms with van der Waals surface area (Å²) in [6.45, 7) is 0.489. The predicted molar refractivity (Wildman–Crippen MR) is 75.0 cm³/mol. The Bertz CT molecular complexity index is 655. The number of rotatable bonds is 5. The maximum atomic E-state index is 11.9. The lowest BCUT2D eigenvalue weighted by molar-refractivity contribution is 0.0949. The monoisotopic (exact) mass is 290 g/mol. The van der Waals surface area contributed by atoms with Crippen molar-refractivity contribution in [3.63, 3.8) is 0 Å². The molecule has 1 aliphatic rings. The summed E-state index contributed by atoms with van der Waals surface area (Å²) < 4.78 is 0. The number of aromatic nitrogens is 3. The van der Waals surface area contributed by atoms with Gasteiger partial charge in [-0.25, -0.2) is 14.8 Å². The summed E-state index contributed by atoms with van der Waals surface area (Å²) >= 11 is 1.56. The van der Waals surface area contributed by atoms with E-state index in [4.69, 9.17) is 0 Å². The van der Waals surface area contributed by atoms with Gasteiger partial charge in [0.2, 0.25) is 0 Å². The fourth-order valence-corrected chi connectivity index (χ4v) is 2.80. The van der Waals surface area contributed by atoms with E-state index in [1.54, 1.807) is 17.5 Å². The van der Waals surface area contributed by atoms with E-state index >= 15 is 0 Å². The Morgan fingerprint density at radius 1 is 1.50 bits per heavy atom. The van der Waals surface area contributed by atoms with Crippen LogP contribution in [0, 0.1) is 0 Å². The van der Waals surface area contributed by atoms with Crippen LogP contribution in [-0.4, -0.2) is 27.4 Å². The number of thiazole rings is 1. The first kappa shape index (κ1) is 13.0. The molecular formula is C13H14N4O2S. The number of carbonyl (C=O) groups is 1. The maximum absolute atomic E-state index is 11.9. The Labute approximate surface area is 119 Å². The second-order valence-electron chi connectivity index (χ2n) is 4.78. The van der Waals surface area contributed by atoms with E-state index in [9.17, 15) is 9.59 Å². The van der Waals surface area contributed by atoms with Crippen molar-refractivity contribution in [2.24, 2.45) is 0 Å². The van der Waals surface area contributed by atoms with Gasteiger partial charge in [-0.15, -0.1) is 11.3 Å². The van der Waals surface area contributed by atoms with Gasteiger partial charge in [0.25, 0.3) is 5.91 Å². The molecule has 0 spiro atoms. The molecule has 0 radical (unpaired) electrons. The van der Waals surface area contributed by atoms with Gasteiger partial charge < -0.3 is 10.3 Å². The van der Waals surface area contributed by atoms with Crippen LogP contribution < -0.4 is 11.0 Å². The molecule has 104 valence electrons. The van der Waals surface area contributed by atoms with Crippen LogP contribution in [0.2, 0.25) is 0 Å². The standard InChI is InChI=1S/C13H14N4O2S/c18-11(10-7-20-12(17-10)9-1-2-9)14-4-3-8-5-15-13(19)16-6-8/h5-7,9H,1-4H2,(H,14,18)(H,15,16,19). The highest BCUT2D eigenvalue weighted by molar-refractivity contribution is 7.10. The third-order valence-electron chi connectivity index (χ3n) is 3.11. The van der Waals surface area contributed by atoms with E-state index in [1.165, 1.54) is 19.0 Å². The molecule has 1 fully saturated rings. The largest absolute Gasteiger partial charge is 0.350 e. The minimum Gasteiger partial charge on any atom is -0.350 e. The van der Waals surface area contributed by atoms with Crippen LogP contribution >= 0.6 is 11.3 Å². The summed E-state index contributed by atoms with van der Waals surface area (Å²) in [5, 5.41) is 5.70. The van der Waals surface area contributed by atoms with Gasteiger partial charge in [-0.1, -0.05) is 0 Å². The van der Waals surface area contributed by atoms with Crippen molar-refractivity contribution in [2.75, 3.05) is 6.54 Å². The molecule has 0 unspecified atom stereocenters. The molecule has 1 saturated carbocycles. The van der Waals surface area contributed by atoms with E-state index in [0.717, 1.165) is 10.6 Å². The topological polar surface area (TPSA) is 87.7 Å². The first-order valence-corrected chi connectivity index (χ1v) is 7.37. The van der Waals surface area contributed by atoms with E-state index in [1.807, 2.05) is 5.38 Å². The second kappa shape index (κ2) is 5.54. The summed E-state index contributed by atoms with van der Waals surface area (Å²) in [6, 6.07) is 0. The van der Waals surface area contributed by atoms with Crippen molar-refractivity contribution < 1.29 is 4.79 Å². The average molecular weight is 290 g/mol. The second-order valence-corrected chi connectivity index (χ2v) is 5.67. The number of aromatic amines is 1. The third kappa shape index (κ3) is 3.11. The lowest BCUT2D eigenvalue weighted by atomic mass is 10.2. The van der Waals surface area contributed by atoms with Gasteiger partial charge in [0, 0.05) is 30.2 Å². The lowest BCUT2D eigenvalue weighted by Crippen LogP contribution is -2.26. The molecule has 2 aromatic rings. The Hall–Kier alpha value is -2.02. The van der Waals surface area contributed by atoms with E-state index < -0.39 is 0 Å². The van der Waals surface area contributed by atoms with Crippen molar-refractivity contribution in [1.29, 1.82) is 0 Å². The molecule has 2 aromatic heterocycles. The quantitative estimate of drug-likeness (QED) is 0.862. The first-order chi connectivity index (χ1) is 9.72. The summed E-state index contributed by atoms with van der Waals surface area (Å²) in [6.07, 6.45) is 6.12. The molecule has 0 aliphatic heterocycles. The highest BCUT2D eigenvalue weighted by Gasteiger charge is 2.27. The summed E-state index contributed by atoms with van der Waals surface area (Å²) in [5.41, 5.74) is 1.01. The molecule has 3 rings (SSSR count). The SMILES string of the molecule is O=C(NCCc1cnc(=O)[nH]c1)c1csc(C2CC2)n1. The minimum absolute atomic E-state index is 0.148. The molecule has 7 heteroatoms. The summed E-state index contributed by atoms with van der Waals surface area (Å²) in [7, 11) is 0. The first-order valence-electron chi connectivity index (χ1n) is 6.49. The Balaban J connectivity index is 1.50. The molecule has 1 amide bonds. The van der Waals surface area contributed by atoms with Gasteiger partial charge in [0.15, 0.2) is 0 Å². The zero-order chi connectivity index (χ0) is 13.9. The van der Waals surface area contributed by atoms with Crippen molar-refractivity contribution in [2.45, 2.75) is 25.2 Å². The molecule has 6 nitrogen and oxygen atoms in total. The number of nitrogens with zero attached hydrogens (tertiary/aromatic N) is 2. The van der Waals surface area contributed by atoms with Gasteiger partial charge in [0.1, 0.15) is 5.69 Å². The van der Waals surface area contributed by atoms with Gasteiger partial charge in [-0.3, -0.25) is 4.79 Å². The van der Waals surface area contributed by atoms with Gasteiger partial charge in [0.05, 0.1) is 5.01 Å². The number of H-pyrrole nitrogens is 1. The fourth-order valence-electron chi connectivity index (χ4n) is 1.83. The lowest BCUT2D eigenvalue weighted by Gasteiger charge is -2.02. The Morgan fingerprint density at radius 2 is 2.35 bits per heavy atom. The molecule has 0 saturated heterocycles. The maximum Gasteiger partial charge on any atom is 0.344 e. The van der Waals surface area contributed by atoms with E-state index in [0.29, 0.717) is 24.6 Å². The number of hydrogen-bond acceptors (Lipinski definition) is 5. The predicted octanol–water partition coefficient (Wildman–Crippen LogP) is 1.08. The van der Waals surface area contributed by atoms with Crippen molar-refractivity contribution in [3.8, 4) is 0 Å². The molecule has 2 N–H and O–H groups in total. The normalized spacial score (nSPS) is 14.2. The average Bonchev–Trinajstić information content (AvgIpc) is 3.18. The van der Waals surface area contributed by atoms with E-state index in [-0.39, 0.29) is 11.6 Å². The molecule has 20 heavy (non-hydrogen) atoms. The van der Waals surface area contributed by atoms with Crippen LogP contribution in [0.1, 0.15) is 39.8 Å².